The SMILES string of the molecule is O=C(O)C1CN(C(=O)CSCc2ccc(Cl)cc2)C1. The minimum atomic E-state index is -0.821. The molecule has 4 nitrogen and oxygen atoms in total. The summed E-state index contributed by atoms with van der Waals surface area (Å²) >= 11 is 7.31. The topological polar surface area (TPSA) is 57.6 Å². The molecule has 0 bridgehead atoms. The van der Waals surface area contributed by atoms with Gasteiger partial charge in [0.1, 0.15) is 0 Å². The molecule has 102 valence electrons. The van der Waals surface area contributed by atoms with E-state index in [0.29, 0.717) is 23.9 Å². The second kappa shape index (κ2) is 6.30. The summed E-state index contributed by atoms with van der Waals surface area (Å²) in [7, 11) is 0. The third kappa shape index (κ3) is 3.88. The van der Waals surface area contributed by atoms with Crippen LogP contribution in [0.1, 0.15) is 5.56 Å². The predicted molar refractivity (Wildman–Crippen MR) is 75.3 cm³/mol. The van der Waals surface area contributed by atoms with Gasteiger partial charge >= 0.3 is 5.97 Å². The maximum Gasteiger partial charge on any atom is 0.310 e. The van der Waals surface area contributed by atoms with E-state index in [1.54, 1.807) is 4.90 Å². The number of benzene rings is 1. The Labute approximate surface area is 120 Å². The molecule has 1 heterocycles. The van der Waals surface area contributed by atoms with Crippen molar-refractivity contribution >= 4 is 35.2 Å². The first-order valence-electron chi connectivity index (χ1n) is 5.89. The third-order valence-corrected chi connectivity index (χ3v) is 4.23. The Morgan fingerprint density at radius 3 is 2.53 bits per heavy atom. The molecule has 0 aromatic heterocycles. The molecule has 0 spiro atoms. The lowest BCUT2D eigenvalue weighted by molar-refractivity contribution is -0.151. The number of nitrogens with zero attached hydrogens (tertiary/aromatic N) is 1. The smallest absolute Gasteiger partial charge is 0.310 e. The number of thioether (sulfide) groups is 1. The summed E-state index contributed by atoms with van der Waals surface area (Å²) in [4.78, 5) is 23.9. The van der Waals surface area contributed by atoms with E-state index in [1.165, 1.54) is 11.8 Å². The Morgan fingerprint density at radius 1 is 1.32 bits per heavy atom. The van der Waals surface area contributed by atoms with Crippen LogP contribution in [0.25, 0.3) is 0 Å². The van der Waals surface area contributed by atoms with Crippen molar-refractivity contribution in [3.8, 4) is 0 Å². The van der Waals surface area contributed by atoms with Gasteiger partial charge in [0.15, 0.2) is 0 Å². The second-order valence-electron chi connectivity index (χ2n) is 4.45. The van der Waals surface area contributed by atoms with Crippen molar-refractivity contribution in [3.05, 3.63) is 34.9 Å². The van der Waals surface area contributed by atoms with Crippen LogP contribution in [0.15, 0.2) is 24.3 Å². The fourth-order valence-electron chi connectivity index (χ4n) is 1.77. The fourth-order valence-corrected chi connectivity index (χ4v) is 2.78. The summed E-state index contributed by atoms with van der Waals surface area (Å²) in [6.07, 6.45) is 0. The van der Waals surface area contributed by atoms with Gasteiger partial charge in [-0.25, -0.2) is 0 Å². The van der Waals surface area contributed by atoms with E-state index in [2.05, 4.69) is 0 Å². The first-order chi connectivity index (χ1) is 9.06. The van der Waals surface area contributed by atoms with E-state index in [0.717, 1.165) is 11.3 Å². The van der Waals surface area contributed by atoms with Crippen molar-refractivity contribution in [2.75, 3.05) is 18.8 Å². The normalized spacial score (nSPS) is 15.1. The van der Waals surface area contributed by atoms with Gasteiger partial charge in [0, 0.05) is 23.9 Å². The number of likely N-dealkylation sites (tertiary alicyclic amines) is 1. The van der Waals surface area contributed by atoms with E-state index in [4.69, 9.17) is 16.7 Å². The van der Waals surface area contributed by atoms with Crippen LogP contribution in [0.2, 0.25) is 5.02 Å². The number of rotatable bonds is 5. The van der Waals surface area contributed by atoms with Crippen molar-refractivity contribution in [3.63, 3.8) is 0 Å². The number of carbonyl (C=O) groups excluding carboxylic acids is 1. The number of hydrogen-bond donors (Lipinski definition) is 1. The highest BCUT2D eigenvalue weighted by Crippen LogP contribution is 2.19. The van der Waals surface area contributed by atoms with Crippen LogP contribution < -0.4 is 0 Å². The lowest BCUT2D eigenvalue weighted by Crippen LogP contribution is -2.53. The van der Waals surface area contributed by atoms with Crippen LogP contribution in [0.3, 0.4) is 0 Å². The number of carbonyl (C=O) groups is 2. The third-order valence-electron chi connectivity index (χ3n) is 2.99. The summed E-state index contributed by atoms with van der Waals surface area (Å²) in [6, 6.07) is 7.52. The molecule has 1 aliphatic rings. The average molecular weight is 300 g/mol. The Balaban J connectivity index is 1.68. The standard InChI is InChI=1S/C13H14ClNO3S/c14-11-3-1-9(2-4-11)7-19-8-12(16)15-5-10(6-15)13(17)18/h1-4,10H,5-8H2,(H,17,18). The highest BCUT2D eigenvalue weighted by molar-refractivity contribution is 7.99. The Bertz CT molecular complexity index is 471. The van der Waals surface area contributed by atoms with Crippen LogP contribution in [0, 0.1) is 5.92 Å². The van der Waals surface area contributed by atoms with Crippen LogP contribution >= 0.6 is 23.4 Å². The van der Waals surface area contributed by atoms with Gasteiger partial charge in [-0.15, -0.1) is 11.8 Å². The minimum absolute atomic E-state index is 0.0106. The molecule has 1 saturated heterocycles. The number of halogens is 1. The van der Waals surface area contributed by atoms with Gasteiger partial charge in [0.25, 0.3) is 0 Å². The predicted octanol–water partition coefficient (Wildman–Crippen LogP) is 2.12. The number of carboxylic acid groups (broad SMARTS) is 1. The lowest BCUT2D eigenvalue weighted by atomic mass is 10.0. The van der Waals surface area contributed by atoms with Gasteiger partial charge in [-0.05, 0) is 17.7 Å². The number of hydrogen-bond acceptors (Lipinski definition) is 3. The zero-order valence-corrected chi connectivity index (χ0v) is 11.8. The van der Waals surface area contributed by atoms with Gasteiger partial charge in [0.05, 0.1) is 11.7 Å². The van der Waals surface area contributed by atoms with Gasteiger partial charge in [0.2, 0.25) is 5.91 Å². The van der Waals surface area contributed by atoms with Crippen LogP contribution in [-0.2, 0) is 15.3 Å². The molecule has 0 aliphatic carbocycles. The quantitative estimate of drug-likeness (QED) is 0.905. The fraction of sp³-hybridized carbons (Fsp3) is 0.385. The van der Waals surface area contributed by atoms with E-state index < -0.39 is 5.97 Å². The molecule has 1 fully saturated rings. The van der Waals surface area contributed by atoms with Gasteiger partial charge in [-0.3, -0.25) is 9.59 Å². The Hall–Kier alpha value is -1.20. The first kappa shape index (κ1) is 14.2. The first-order valence-corrected chi connectivity index (χ1v) is 7.42. The van der Waals surface area contributed by atoms with E-state index in [-0.39, 0.29) is 11.8 Å². The molecule has 6 heteroatoms. The maximum atomic E-state index is 11.7. The summed E-state index contributed by atoms with van der Waals surface area (Å²) < 4.78 is 0. The maximum absolute atomic E-state index is 11.7. The van der Waals surface area contributed by atoms with Crippen molar-refractivity contribution < 1.29 is 14.7 Å². The molecular weight excluding hydrogens is 286 g/mol. The van der Waals surface area contributed by atoms with E-state index in [1.807, 2.05) is 24.3 Å². The van der Waals surface area contributed by atoms with Gasteiger partial charge in [-0.1, -0.05) is 23.7 Å². The number of amides is 1. The summed E-state index contributed by atoms with van der Waals surface area (Å²) in [6.45, 7) is 0.686. The molecule has 1 aromatic carbocycles. The summed E-state index contributed by atoms with van der Waals surface area (Å²) in [5, 5.41) is 9.43. The van der Waals surface area contributed by atoms with Gasteiger partial charge < -0.3 is 10.0 Å². The molecule has 1 amide bonds. The summed E-state index contributed by atoms with van der Waals surface area (Å²) in [5.74, 6) is -0.0619. The molecule has 0 unspecified atom stereocenters. The van der Waals surface area contributed by atoms with Crippen molar-refractivity contribution in [1.82, 2.24) is 4.90 Å². The van der Waals surface area contributed by atoms with E-state index in [9.17, 15) is 9.59 Å². The minimum Gasteiger partial charge on any atom is -0.481 e. The largest absolute Gasteiger partial charge is 0.481 e. The highest BCUT2D eigenvalue weighted by atomic mass is 35.5. The monoisotopic (exact) mass is 299 g/mol. The molecule has 1 aliphatic heterocycles. The zero-order valence-electron chi connectivity index (χ0n) is 10.2. The van der Waals surface area contributed by atoms with Crippen molar-refractivity contribution in [2.45, 2.75) is 5.75 Å². The Morgan fingerprint density at radius 2 is 1.95 bits per heavy atom. The van der Waals surface area contributed by atoms with Crippen LogP contribution in [0.4, 0.5) is 0 Å². The molecule has 1 aromatic rings. The Kier molecular flexibility index (Phi) is 4.71. The molecule has 0 radical (unpaired) electrons. The van der Waals surface area contributed by atoms with Crippen molar-refractivity contribution in [1.29, 1.82) is 0 Å². The molecule has 19 heavy (non-hydrogen) atoms. The molecule has 2 rings (SSSR count). The lowest BCUT2D eigenvalue weighted by Gasteiger charge is -2.36. The summed E-state index contributed by atoms with van der Waals surface area (Å²) in [5.41, 5.74) is 1.12. The molecule has 1 N–H and O–H groups in total. The van der Waals surface area contributed by atoms with Crippen LogP contribution in [0.5, 0.6) is 0 Å². The van der Waals surface area contributed by atoms with Crippen molar-refractivity contribution in [2.24, 2.45) is 5.92 Å². The van der Waals surface area contributed by atoms with E-state index >= 15 is 0 Å². The van der Waals surface area contributed by atoms with Gasteiger partial charge in [-0.2, -0.15) is 0 Å². The molecular formula is C13H14ClNO3S. The molecule has 0 atom stereocenters. The zero-order chi connectivity index (χ0) is 13.8. The molecule has 0 saturated carbocycles. The number of carboxylic acids is 1. The highest BCUT2D eigenvalue weighted by Gasteiger charge is 2.35. The average Bonchev–Trinajstić information content (AvgIpc) is 2.29. The van der Waals surface area contributed by atoms with Crippen LogP contribution in [-0.4, -0.2) is 40.7 Å². The number of aliphatic carboxylic acids is 1. The second-order valence-corrected chi connectivity index (χ2v) is 5.88.